The number of hydrogen-bond donors (Lipinski definition) is 1. The summed E-state index contributed by atoms with van der Waals surface area (Å²) < 4.78 is 0. The van der Waals surface area contributed by atoms with E-state index in [1.54, 1.807) is 0 Å². The van der Waals surface area contributed by atoms with Crippen LogP contribution in [0.5, 0.6) is 0 Å². The first kappa shape index (κ1) is 11.7. The maximum absolute atomic E-state index is 12.8. The van der Waals surface area contributed by atoms with Crippen LogP contribution in [0.25, 0.3) is 0 Å². The van der Waals surface area contributed by atoms with Gasteiger partial charge in [0.05, 0.1) is 6.04 Å². The van der Waals surface area contributed by atoms with E-state index in [0.29, 0.717) is 5.91 Å². The van der Waals surface area contributed by atoms with Gasteiger partial charge in [0.15, 0.2) is 0 Å². The standard InChI is InChI=1S/C17H23NO/c19-16(18-15-4-2-1-3-5-15)17-9-12-6-13(10-17)8-14(7-12)11-17/h1-4,12-15H,5-11H2,(H,18,19). The second-order valence-corrected chi connectivity index (χ2v) is 7.33. The number of hydrogen-bond acceptors (Lipinski definition) is 1. The Morgan fingerprint density at radius 1 is 1.00 bits per heavy atom. The van der Waals surface area contributed by atoms with Crippen LogP contribution >= 0.6 is 0 Å². The third-order valence-corrected chi connectivity index (χ3v) is 5.82. The van der Waals surface area contributed by atoms with Gasteiger partial charge in [-0.2, -0.15) is 0 Å². The van der Waals surface area contributed by atoms with E-state index in [4.69, 9.17) is 0 Å². The van der Waals surface area contributed by atoms with E-state index in [-0.39, 0.29) is 11.5 Å². The molecule has 1 unspecified atom stereocenters. The SMILES string of the molecule is O=C(NC1C=CC=CC1)C12CC3CC(CC(C3)C1)C2. The molecule has 19 heavy (non-hydrogen) atoms. The van der Waals surface area contributed by atoms with Gasteiger partial charge in [-0.3, -0.25) is 4.79 Å². The Balaban J connectivity index is 1.50. The molecule has 5 aliphatic rings. The monoisotopic (exact) mass is 257 g/mol. The highest BCUT2D eigenvalue weighted by atomic mass is 16.2. The second kappa shape index (κ2) is 4.22. The van der Waals surface area contributed by atoms with Crippen molar-refractivity contribution in [2.24, 2.45) is 23.2 Å². The van der Waals surface area contributed by atoms with Crippen LogP contribution in [0.15, 0.2) is 24.3 Å². The normalized spacial score (nSPS) is 46.5. The van der Waals surface area contributed by atoms with Crippen LogP contribution in [0, 0.1) is 23.2 Å². The molecule has 1 amide bonds. The van der Waals surface area contributed by atoms with Crippen molar-refractivity contribution in [3.05, 3.63) is 24.3 Å². The molecule has 4 saturated carbocycles. The summed E-state index contributed by atoms with van der Waals surface area (Å²) in [4.78, 5) is 12.8. The van der Waals surface area contributed by atoms with Crippen LogP contribution in [-0.4, -0.2) is 11.9 Å². The number of carbonyl (C=O) groups is 1. The Bertz CT molecular complexity index is 413. The lowest BCUT2D eigenvalue weighted by Gasteiger charge is -2.55. The third-order valence-electron chi connectivity index (χ3n) is 5.82. The van der Waals surface area contributed by atoms with Crippen LogP contribution in [-0.2, 0) is 4.79 Å². The van der Waals surface area contributed by atoms with E-state index in [1.165, 1.54) is 19.3 Å². The predicted octanol–water partition coefficient (Wildman–Crippen LogP) is 3.20. The van der Waals surface area contributed by atoms with Crippen LogP contribution in [0.1, 0.15) is 44.9 Å². The van der Waals surface area contributed by atoms with Crippen molar-refractivity contribution in [2.75, 3.05) is 0 Å². The first-order valence-electron chi connectivity index (χ1n) is 7.88. The molecule has 0 aliphatic heterocycles. The molecule has 5 aliphatic carbocycles. The summed E-state index contributed by atoms with van der Waals surface area (Å²) in [5.74, 6) is 2.90. The van der Waals surface area contributed by atoms with E-state index in [1.807, 2.05) is 6.08 Å². The maximum atomic E-state index is 12.8. The van der Waals surface area contributed by atoms with Gasteiger partial charge in [-0.05, 0) is 62.7 Å². The molecule has 0 spiro atoms. The van der Waals surface area contributed by atoms with E-state index in [0.717, 1.165) is 43.4 Å². The number of nitrogens with one attached hydrogen (secondary N) is 1. The molecular formula is C17H23NO. The minimum atomic E-state index is 0.00372. The molecule has 2 heteroatoms. The van der Waals surface area contributed by atoms with Crippen molar-refractivity contribution in [3.63, 3.8) is 0 Å². The van der Waals surface area contributed by atoms with E-state index >= 15 is 0 Å². The average Bonchev–Trinajstić information content (AvgIpc) is 2.38. The Morgan fingerprint density at radius 3 is 2.16 bits per heavy atom. The lowest BCUT2D eigenvalue weighted by atomic mass is 9.49. The molecule has 2 nitrogen and oxygen atoms in total. The van der Waals surface area contributed by atoms with Gasteiger partial charge < -0.3 is 5.32 Å². The fourth-order valence-corrected chi connectivity index (χ4v) is 5.40. The topological polar surface area (TPSA) is 29.1 Å². The van der Waals surface area contributed by atoms with Gasteiger partial charge in [-0.15, -0.1) is 0 Å². The lowest BCUT2D eigenvalue weighted by Crippen LogP contribution is -2.55. The third kappa shape index (κ3) is 1.96. The molecule has 1 N–H and O–H groups in total. The zero-order valence-electron chi connectivity index (χ0n) is 11.5. The Kier molecular flexibility index (Phi) is 2.61. The summed E-state index contributed by atoms with van der Waals surface area (Å²) >= 11 is 0. The number of carbonyl (C=O) groups excluding carboxylic acids is 1. The fourth-order valence-electron chi connectivity index (χ4n) is 5.40. The van der Waals surface area contributed by atoms with Crippen molar-refractivity contribution in [2.45, 2.75) is 51.0 Å². The summed E-state index contributed by atoms with van der Waals surface area (Å²) in [6.45, 7) is 0. The van der Waals surface area contributed by atoms with Crippen molar-refractivity contribution < 1.29 is 4.79 Å². The van der Waals surface area contributed by atoms with Gasteiger partial charge in [-0.25, -0.2) is 0 Å². The molecule has 0 aromatic heterocycles. The smallest absolute Gasteiger partial charge is 0.226 e. The summed E-state index contributed by atoms with van der Waals surface area (Å²) in [6, 6.07) is 0.227. The molecule has 0 saturated heterocycles. The zero-order valence-corrected chi connectivity index (χ0v) is 11.5. The van der Waals surface area contributed by atoms with Crippen molar-refractivity contribution in [3.8, 4) is 0 Å². The molecule has 0 aromatic rings. The molecular weight excluding hydrogens is 234 g/mol. The summed E-state index contributed by atoms with van der Waals surface area (Å²) in [5.41, 5.74) is 0.00372. The largest absolute Gasteiger partial charge is 0.349 e. The summed E-state index contributed by atoms with van der Waals surface area (Å²) in [5, 5.41) is 3.30. The van der Waals surface area contributed by atoms with Crippen LogP contribution < -0.4 is 5.32 Å². The molecule has 0 aromatic carbocycles. The molecule has 5 rings (SSSR count). The summed E-state index contributed by atoms with van der Waals surface area (Å²) in [6.07, 6.45) is 17.0. The number of allylic oxidation sites excluding steroid dienone is 2. The quantitative estimate of drug-likeness (QED) is 0.808. The highest BCUT2D eigenvalue weighted by molar-refractivity contribution is 5.83. The van der Waals surface area contributed by atoms with Gasteiger partial charge in [-0.1, -0.05) is 24.3 Å². The van der Waals surface area contributed by atoms with E-state index in [9.17, 15) is 4.79 Å². The van der Waals surface area contributed by atoms with Crippen LogP contribution in [0.3, 0.4) is 0 Å². The van der Waals surface area contributed by atoms with E-state index < -0.39 is 0 Å². The fraction of sp³-hybridized carbons (Fsp3) is 0.706. The minimum absolute atomic E-state index is 0.00372. The molecule has 0 radical (unpaired) electrons. The maximum Gasteiger partial charge on any atom is 0.226 e. The molecule has 102 valence electrons. The Hall–Kier alpha value is -1.05. The molecule has 4 fully saturated rings. The van der Waals surface area contributed by atoms with Gasteiger partial charge in [0, 0.05) is 5.41 Å². The zero-order chi connectivity index (χ0) is 12.9. The summed E-state index contributed by atoms with van der Waals surface area (Å²) in [7, 11) is 0. The van der Waals surface area contributed by atoms with Crippen LogP contribution in [0.2, 0.25) is 0 Å². The molecule has 0 heterocycles. The number of rotatable bonds is 2. The highest BCUT2D eigenvalue weighted by Gasteiger charge is 2.54. The van der Waals surface area contributed by atoms with Crippen molar-refractivity contribution in [1.29, 1.82) is 0 Å². The molecule has 4 bridgehead atoms. The van der Waals surface area contributed by atoms with Gasteiger partial charge in [0.2, 0.25) is 5.91 Å². The predicted molar refractivity (Wildman–Crippen MR) is 75.4 cm³/mol. The second-order valence-electron chi connectivity index (χ2n) is 7.33. The van der Waals surface area contributed by atoms with Gasteiger partial charge >= 0.3 is 0 Å². The first-order chi connectivity index (χ1) is 9.23. The van der Waals surface area contributed by atoms with E-state index in [2.05, 4.69) is 23.5 Å². The Labute approximate surface area is 115 Å². The van der Waals surface area contributed by atoms with Crippen molar-refractivity contribution in [1.82, 2.24) is 5.32 Å². The van der Waals surface area contributed by atoms with Crippen LogP contribution in [0.4, 0.5) is 0 Å². The number of amides is 1. The Morgan fingerprint density at radius 2 is 1.63 bits per heavy atom. The minimum Gasteiger partial charge on any atom is -0.349 e. The molecule has 1 atom stereocenters. The van der Waals surface area contributed by atoms with Gasteiger partial charge in [0.1, 0.15) is 0 Å². The highest BCUT2D eigenvalue weighted by Crippen LogP contribution is 2.60. The van der Waals surface area contributed by atoms with Crippen molar-refractivity contribution >= 4 is 5.91 Å². The lowest BCUT2D eigenvalue weighted by molar-refractivity contribution is -0.146. The average molecular weight is 257 g/mol. The first-order valence-corrected chi connectivity index (χ1v) is 7.88. The van der Waals surface area contributed by atoms with Gasteiger partial charge in [0.25, 0.3) is 0 Å².